The van der Waals surface area contributed by atoms with Gasteiger partial charge in [0.25, 0.3) is 0 Å². The van der Waals surface area contributed by atoms with E-state index in [0.29, 0.717) is 5.82 Å². The molecule has 1 aromatic rings. The molecule has 1 aromatic heterocycles. The molecule has 0 aliphatic carbocycles. The predicted octanol–water partition coefficient (Wildman–Crippen LogP) is -1.11. The molecule has 0 aromatic carbocycles. The normalized spacial score (nSPS) is 9.82. The van der Waals surface area contributed by atoms with Crippen LogP contribution < -0.4 is 22.3 Å². The number of anilines is 1. The number of hydrazine groups is 1. The molecule has 6 N–H and O–H groups in total. The zero-order valence-corrected chi connectivity index (χ0v) is 9.70. The Labute approximate surface area is 98.5 Å². The summed E-state index contributed by atoms with van der Waals surface area (Å²) in [5.41, 5.74) is 9.78. The minimum atomic E-state index is -0.885. The van der Waals surface area contributed by atoms with E-state index >= 15 is 0 Å². The van der Waals surface area contributed by atoms with Crippen molar-refractivity contribution in [3.8, 4) is 0 Å². The number of nitrogen functional groups attached to an aromatic ring is 1. The van der Waals surface area contributed by atoms with Gasteiger partial charge in [0.2, 0.25) is 0 Å². The van der Waals surface area contributed by atoms with Gasteiger partial charge in [-0.15, -0.1) is 0 Å². The highest BCUT2D eigenvalue weighted by Gasteiger charge is 2.12. The molecule has 0 unspecified atom stereocenters. The van der Waals surface area contributed by atoms with Crippen molar-refractivity contribution >= 4 is 17.6 Å². The van der Waals surface area contributed by atoms with Gasteiger partial charge in [-0.25, -0.2) is 10.8 Å². The highest BCUT2D eigenvalue weighted by atomic mass is 16.2. The maximum atomic E-state index is 11.2. The van der Waals surface area contributed by atoms with Gasteiger partial charge >= 0.3 is 11.8 Å². The fraction of sp³-hybridized carbons (Fsp3) is 0.300. The molecule has 0 radical (unpaired) electrons. The predicted molar refractivity (Wildman–Crippen MR) is 62.3 cm³/mol. The molecule has 0 saturated carbocycles. The molecule has 0 atom stereocenters. The van der Waals surface area contributed by atoms with Gasteiger partial charge in [-0.05, 0) is 31.0 Å². The van der Waals surface area contributed by atoms with Gasteiger partial charge < -0.3 is 11.1 Å². The van der Waals surface area contributed by atoms with Gasteiger partial charge in [-0.3, -0.25) is 15.0 Å². The van der Waals surface area contributed by atoms with Gasteiger partial charge in [0, 0.05) is 12.2 Å². The quantitative estimate of drug-likeness (QED) is 0.225. The maximum absolute atomic E-state index is 11.2. The van der Waals surface area contributed by atoms with Crippen molar-refractivity contribution in [1.29, 1.82) is 0 Å². The molecule has 0 fully saturated rings. The van der Waals surface area contributed by atoms with Crippen molar-refractivity contribution < 1.29 is 9.59 Å². The fourth-order valence-corrected chi connectivity index (χ4v) is 1.47. The first-order valence-corrected chi connectivity index (χ1v) is 4.97. The van der Waals surface area contributed by atoms with Crippen LogP contribution >= 0.6 is 0 Å². The summed E-state index contributed by atoms with van der Waals surface area (Å²) in [6.07, 6.45) is 0. The Morgan fingerprint density at radius 2 is 2.00 bits per heavy atom. The molecule has 0 aliphatic rings. The zero-order chi connectivity index (χ0) is 13.0. The van der Waals surface area contributed by atoms with Crippen molar-refractivity contribution in [2.45, 2.75) is 20.4 Å². The van der Waals surface area contributed by atoms with E-state index in [2.05, 4.69) is 10.3 Å². The summed E-state index contributed by atoms with van der Waals surface area (Å²) in [7, 11) is 0. The number of nitrogens with two attached hydrogens (primary N) is 2. The Morgan fingerprint density at radius 3 is 2.53 bits per heavy atom. The number of nitrogens with one attached hydrogen (secondary N) is 2. The lowest BCUT2D eigenvalue weighted by Crippen LogP contribution is -2.42. The number of nitrogens with zero attached hydrogens (tertiary/aromatic N) is 1. The Bertz CT molecular complexity index is 435. The van der Waals surface area contributed by atoms with Gasteiger partial charge in [-0.2, -0.15) is 0 Å². The SMILES string of the molecule is Cc1cc(N)nc(C)c1CNC(=O)C(=O)NN. The van der Waals surface area contributed by atoms with Crippen LogP contribution in [0, 0.1) is 13.8 Å². The number of carbonyl (C=O) groups excluding carboxylic acids is 2. The first kappa shape index (κ1) is 12.9. The number of amides is 2. The number of pyridine rings is 1. The van der Waals surface area contributed by atoms with Crippen LogP contribution in [0.25, 0.3) is 0 Å². The third-order valence-electron chi connectivity index (χ3n) is 2.34. The van der Waals surface area contributed by atoms with E-state index in [9.17, 15) is 9.59 Å². The number of aromatic nitrogens is 1. The van der Waals surface area contributed by atoms with Crippen LogP contribution in [0.15, 0.2) is 6.07 Å². The lowest BCUT2D eigenvalue weighted by Gasteiger charge is -2.10. The van der Waals surface area contributed by atoms with Crippen LogP contribution in [0.5, 0.6) is 0 Å². The Morgan fingerprint density at radius 1 is 1.35 bits per heavy atom. The van der Waals surface area contributed by atoms with Gasteiger partial charge in [0.05, 0.1) is 0 Å². The van der Waals surface area contributed by atoms with Crippen molar-refractivity contribution in [3.63, 3.8) is 0 Å². The monoisotopic (exact) mass is 237 g/mol. The van der Waals surface area contributed by atoms with Gasteiger partial charge in [0.15, 0.2) is 0 Å². The van der Waals surface area contributed by atoms with Gasteiger partial charge in [0.1, 0.15) is 5.82 Å². The largest absolute Gasteiger partial charge is 0.384 e. The molecule has 0 bridgehead atoms. The second kappa shape index (κ2) is 5.26. The third kappa shape index (κ3) is 3.15. The summed E-state index contributed by atoms with van der Waals surface area (Å²) in [4.78, 5) is 26.1. The van der Waals surface area contributed by atoms with Gasteiger partial charge in [-0.1, -0.05) is 0 Å². The second-order valence-electron chi connectivity index (χ2n) is 3.58. The third-order valence-corrected chi connectivity index (χ3v) is 2.34. The van der Waals surface area contributed by atoms with Crippen LogP contribution in [-0.4, -0.2) is 16.8 Å². The lowest BCUT2D eigenvalue weighted by atomic mass is 10.1. The summed E-state index contributed by atoms with van der Waals surface area (Å²) in [5.74, 6) is 3.58. The highest BCUT2D eigenvalue weighted by molar-refractivity contribution is 6.34. The van der Waals surface area contributed by atoms with E-state index in [1.165, 1.54) is 0 Å². The molecular formula is C10H15N5O2. The summed E-state index contributed by atoms with van der Waals surface area (Å²) in [6.45, 7) is 3.85. The molecule has 7 heteroatoms. The van der Waals surface area contributed by atoms with Crippen LogP contribution in [0.2, 0.25) is 0 Å². The number of hydrogen-bond donors (Lipinski definition) is 4. The molecule has 0 aliphatic heterocycles. The molecule has 2 amide bonds. The first-order chi connectivity index (χ1) is 7.95. The van der Waals surface area contributed by atoms with E-state index in [1.807, 2.05) is 6.92 Å². The van der Waals surface area contributed by atoms with Crippen molar-refractivity contribution in [2.75, 3.05) is 5.73 Å². The van der Waals surface area contributed by atoms with E-state index < -0.39 is 11.8 Å². The minimum absolute atomic E-state index is 0.206. The van der Waals surface area contributed by atoms with Crippen LogP contribution in [-0.2, 0) is 16.1 Å². The second-order valence-corrected chi connectivity index (χ2v) is 3.58. The number of aryl methyl sites for hydroxylation is 2. The number of carbonyl (C=O) groups is 2. The molecule has 1 heterocycles. The van der Waals surface area contributed by atoms with E-state index in [-0.39, 0.29) is 6.54 Å². The summed E-state index contributed by atoms with van der Waals surface area (Å²) >= 11 is 0. The molecule has 7 nitrogen and oxygen atoms in total. The topological polar surface area (TPSA) is 123 Å². The Kier molecular flexibility index (Phi) is 4.00. The van der Waals surface area contributed by atoms with Crippen molar-refractivity contribution in [1.82, 2.24) is 15.7 Å². The lowest BCUT2D eigenvalue weighted by molar-refractivity contribution is -0.139. The minimum Gasteiger partial charge on any atom is -0.384 e. The highest BCUT2D eigenvalue weighted by Crippen LogP contribution is 2.14. The van der Waals surface area contributed by atoms with Crippen molar-refractivity contribution in [3.05, 3.63) is 22.9 Å². The van der Waals surface area contributed by atoms with Crippen LogP contribution in [0.4, 0.5) is 5.82 Å². The zero-order valence-electron chi connectivity index (χ0n) is 9.70. The standard InChI is InChI=1S/C10H15N5O2/c1-5-3-8(11)14-6(2)7(5)4-13-9(16)10(17)15-12/h3H,4,12H2,1-2H3,(H2,11,14)(H,13,16)(H,15,17). The van der Waals surface area contributed by atoms with E-state index in [1.54, 1.807) is 18.4 Å². The first-order valence-electron chi connectivity index (χ1n) is 4.97. The summed E-state index contributed by atoms with van der Waals surface area (Å²) in [5, 5.41) is 2.44. The molecule has 1 rings (SSSR count). The maximum Gasteiger partial charge on any atom is 0.323 e. The Balaban J connectivity index is 2.76. The van der Waals surface area contributed by atoms with E-state index in [4.69, 9.17) is 11.6 Å². The molecule has 0 spiro atoms. The number of rotatable bonds is 2. The fourth-order valence-electron chi connectivity index (χ4n) is 1.47. The average molecular weight is 237 g/mol. The average Bonchev–Trinajstić information content (AvgIpc) is 2.26. The summed E-state index contributed by atoms with van der Waals surface area (Å²) < 4.78 is 0. The molecule has 17 heavy (non-hydrogen) atoms. The van der Waals surface area contributed by atoms with E-state index in [0.717, 1.165) is 16.8 Å². The summed E-state index contributed by atoms with van der Waals surface area (Å²) in [6, 6.07) is 1.71. The Hall–Kier alpha value is -2.15. The molecule has 0 saturated heterocycles. The van der Waals surface area contributed by atoms with Crippen LogP contribution in [0.3, 0.4) is 0 Å². The molecular weight excluding hydrogens is 222 g/mol. The van der Waals surface area contributed by atoms with Crippen LogP contribution in [0.1, 0.15) is 16.8 Å². The van der Waals surface area contributed by atoms with Crippen molar-refractivity contribution in [2.24, 2.45) is 5.84 Å². The smallest absolute Gasteiger partial charge is 0.323 e. The number of hydrogen-bond acceptors (Lipinski definition) is 5. The molecule has 92 valence electrons.